The second kappa shape index (κ2) is 5.36. The molecule has 2 rings (SSSR count). The molecule has 0 aliphatic carbocycles. The molecule has 0 radical (unpaired) electrons. The van der Waals surface area contributed by atoms with Crippen molar-refractivity contribution in [2.45, 2.75) is 12.8 Å². The van der Waals surface area contributed by atoms with E-state index in [1.807, 2.05) is 0 Å². The first kappa shape index (κ1) is 14.1. The number of piperidine rings is 1. The van der Waals surface area contributed by atoms with E-state index >= 15 is 0 Å². The highest BCUT2D eigenvalue weighted by Crippen LogP contribution is 2.29. The van der Waals surface area contributed by atoms with Crippen LogP contribution in [0.25, 0.3) is 0 Å². The molecule has 1 saturated heterocycles. The van der Waals surface area contributed by atoms with Crippen LogP contribution in [0.4, 0.5) is 15.8 Å². The normalized spacial score (nSPS) is 16.1. The number of primary amides is 1. The highest BCUT2D eigenvalue weighted by Gasteiger charge is 2.25. The number of carboxylic acid groups (broad SMARTS) is 1. The highest BCUT2D eigenvalue weighted by atomic mass is 19.1. The van der Waals surface area contributed by atoms with Crippen molar-refractivity contribution in [2.24, 2.45) is 11.7 Å². The van der Waals surface area contributed by atoms with Crippen molar-refractivity contribution < 1.29 is 19.1 Å². The van der Waals surface area contributed by atoms with Crippen molar-refractivity contribution in [3.05, 3.63) is 23.5 Å². The Morgan fingerprint density at radius 1 is 1.30 bits per heavy atom. The third-order valence-corrected chi connectivity index (χ3v) is 3.59. The number of aromatic carboxylic acids is 1. The van der Waals surface area contributed by atoms with Gasteiger partial charge in [-0.2, -0.15) is 0 Å². The van der Waals surface area contributed by atoms with Gasteiger partial charge < -0.3 is 21.5 Å². The molecule has 1 aliphatic rings. The molecule has 7 heteroatoms. The van der Waals surface area contributed by atoms with Crippen LogP contribution < -0.4 is 16.4 Å². The second-order valence-corrected chi connectivity index (χ2v) is 4.86. The number of benzene rings is 1. The number of carboxylic acids is 1. The number of amides is 1. The van der Waals surface area contributed by atoms with Crippen LogP contribution in [0, 0.1) is 11.7 Å². The summed E-state index contributed by atoms with van der Waals surface area (Å²) in [4.78, 5) is 23.8. The van der Waals surface area contributed by atoms with Crippen molar-refractivity contribution in [1.82, 2.24) is 0 Å². The van der Waals surface area contributed by atoms with Gasteiger partial charge in [0.2, 0.25) is 5.91 Å². The Morgan fingerprint density at radius 2 is 1.90 bits per heavy atom. The minimum Gasteiger partial charge on any atom is -0.478 e. The van der Waals surface area contributed by atoms with Gasteiger partial charge in [0.15, 0.2) is 0 Å². The lowest BCUT2D eigenvalue weighted by Crippen LogP contribution is -2.39. The molecule has 0 unspecified atom stereocenters. The zero-order chi connectivity index (χ0) is 14.9. The molecule has 20 heavy (non-hydrogen) atoms. The minimum absolute atomic E-state index is 0.106. The lowest BCUT2D eigenvalue weighted by molar-refractivity contribution is -0.122. The van der Waals surface area contributed by atoms with Crippen molar-refractivity contribution in [3.63, 3.8) is 0 Å². The summed E-state index contributed by atoms with van der Waals surface area (Å²) < 4.78 is 13.9. The van der Waals surface area contributed by atoms with Crippen molar-refractivity contribution in [2.75, 3.05) is 23.7 Å². The molecule has 1 aliphatic heterocycles. The quantitative estimate of drug-likeness (QED) is 0.710. The monoisotopic (exact) mass is 281 g/mol. The van der Waals surface area contributed by atoms with Gasteiger partial charge in [-0.25, -0.2) is 9.18 Å². The molecule has 108 valence electrons. The number of nitrogen functional groups attached to an aromatic ring is 1. The molecule has 0 bridgehead atoms. The Bertz CT molecular complexity index is 554. The number of nitrogens with two attached hydrogens (primary N) is 2. The fourth-order valence-corrected chi connectivity index (χ4v) is 2.41. The first-order valence-electron chi connectivity index (χ1n) is 6.26. The fourth-order valence-electron chi connectivity index (χ4n) is 2.41. The standard InChI is InChI=1S/C13H16FN3O3/c14-9-6-10(15)8(13(19)20)5-11(9)17-3-1-7(2-4-17)12(16)18/h5-7H,1-4,15H2,(H2,16,18)(H,19,20). The van der Waals surface area contributed by atoms with Gasteiger partial charge in [-0.15, -0.1) is 0 Å². The molecule has 0 spiro atoms. The second-order valence-electron chi connectivity index (χ2n) is 4.86. The summed E-state index contributed by atoms with van der Waals surface area (Å²) in [6.07, 6.45) is 1.06. The van der Waals surface area contributed by atoms with Crippen LogP contribution >= 0.6 is 0 Å². The molecule has 0 aromatic heterocycles. The zero-order valence-electron chi connectivity index (χ0n) is 10.8. The summed E-state index contributed by atoms with van der Waals surface area (Å²) in [6, 6.07) is 2.25. The lowest BCUT2D eigenvalue weighted by Gasteiger charge is -2.32. The van der Waals surface area contributed by atoms with Crippen LogP contribution in [0.3, 0.4) is 0 Å². The summed E-state index contributed by atoms with van der Waals surface area (Å²) in [6.45, 7) is 0.904. The van der Waals surface area contributed by atoms with Gasteiger partial charge >= 0.3 is 5.97 Å². The topological polar surface area (TPSA) is 110 Å². The van der Waals surface area contributed by atoms with Gasteiger partial charge in [-0.05, 0) is 25.0 Å². The summed E-state index contributed by atoms with van der Waals surface area (Å²) in [7, 11) is 0. The maximum atomic E-state index is 13.9. The third kappa shape index (κ3) is 2.66. The number of carbonyl (C=O) groups excluding carboxylic acids is 1. The van der Waals surface area contributed by atoms with Gasteiger partial charge in [-0.3, -0.25) is 4.79 Å². The number of anilines is 2. The average Bonchev–Trinajstić information content (AvgIpc) is 2.38. The van der Waals surface area contributed by atoms with E-state index in [2.05, 4.69) is 0 Å². The van der Waals surface area contributed by atoms with Gasteiger partial charge in [-0.1, -0.05) is 0 Å². The number of halogens is 1. The van der Waals surface area contributed by atoms with Crippen molar-refractivity contribution >= 4 is 23.3 Å². The van der Waals surface area contributed by atoms with E-state index in [0.29, 0.717) is 25.9 Å². The third-order valence-electron chi connectivity index (χ3n) is 3.59. The van der Waals surface area contributed by atoms with Crippen LogP contribution in [0.1, 0.15) is 23.2 Å². The summed E-state index contributed by atoms with van der Waals surface area (Å²) in [5, 5.41) is 9.01. The van der Waals surface area contributed by atoms with E-state index < -0.39 is 11.8 Å². The zero-order valence-corrected chi connectivity index (χ0v) is 10.8. The van der Waals surface area contributed by atoms with E-state index in [9.17, 15) is 14.0 Å². The maximum Gasteiger partial charge on any atom is 0.337 e. The summed E-state index contributed by atoms with van der Waals surface area (Å²) in [5.74, 6) is -2.32. The van der Waals surface area contributed by atoms with Crippen LogP contribution in [-0.4, -0.2) is 30.1 Å². The predicted octanol–water partition coefficient (Wildman–Crippen LogP) is 0.808. The molecule has 0 saturated carbocycles. The van der Waals surface area contributed by atoms with Crippen LogP contribution in [0.15, 0.2) is 12.1 Å². The van der Waals surface area contributed by atoms with E-state index in [1.54, 1.807) is 4.90 Å². The largest absolute Gasteiger partial charge is 0.478 e. The Hall–Kier alpha value is -2.31. The van der Waals surface area contributed by atoms with E-state index in [0.717, 1.165) is 6.07 Å². The first-order valence-corrected chi connectivity index (χ1v) is 6.26. The molecule has 1 amide bonds. The summed E-state index contributed by atoms with van der Waals surface area (Å²) >= 11 is 0. The molecule has 1 aromatic rings. The predicted molar refractivity (Wildman–Crippen MR) is 71.9 cm³/mol. The molecule has 5 N–H and O–H groups in total. The van der Waals surface area contributed by atoms with Crippen molar-refractivity contribution in [3.8, 4) is 0 Å². The Balaban J connectivity index is 2.24. The van der Waals surface area contributed by atoms with Crippen LogP contribution in [0.5, 0.6) is 0 Å². The number of nitrogens with zero attached hydrogens (tertiary/aromatic N) is 1. The fraction of sp³-hybridized carbons (Fsp3) is 0.385. The van der Waals surface area contributed by atoms with E-state index in [-0.39, 0.29) is 28.8 Å². The molecule has 1 heterocycles. The van der Waals surface area contributed by atoms with Gasteiger partial charge in [0.25, 0.3) is 0 Å². The number of hydrogen-bond donors (Lipinski definition) is 3. The van der Waals surface area contributed by atoms with Crippen LogP contribution in [-0.2, 0) is 4.79 Å². The minimum atomic E-state index is -1.20. The first-order chi connectivity index (χ1) is 9.40. The Kier molecular flexibility index (Phi) is 3.78. The lowest BCUT2D eigenvalue weighted by atomic mass is 9.95. The molecule has 1 fully saturated rings. The highest BCUT2D eigenvalue weighted by molar-refractivity contribution is 5.95. The smallest absolute Gasteiger partial charge is 0.337 e. The number of rotatable bonds is 3. The molecular formula is C13H16FN3O3. The van der Waals surface area contributed by atoms with Gasteiger partial charge in [0.1, 0.15) is 5.82 Å². The average molecular weight is 281 g/mol. The maximum absolute atomic E-state index is 13.9. The molecule has 1 aromatic carbocycles. The molecule has 6 nitrogen and oxygen atoms in total. The molecule has 0 atom stereocenters. The van der Waals surface area contributed by atoms with Gasteiger partial charge in [0.05, 0.1) is 11.3 Å². The van der Waals surface area contributed by atoms with E-state index in [1.165, 1.54) is 6.07 Å². The Labute approximate surface area is 115 Å². The molecular weight excluding hydrogens is 265 g/mol. The van der Waals surface area contributed by atoms with Crippen molar-refractivity contribution in [1.29, 1.82) is 0 Å². The number of carbonyl (C=O) groups is 2. The van der Waals surface area contributed by atoms with Gasteiger partial charge in [0, 0.05) is 24.7 Å². The van der Waals surface area contributed by atoms with E-state index in [4.69, 9.17) is 16.6 Å². The summed E-state index contributed by atoms with van der Waals surface area (Å²) in [5.41, 5.74) is 10.7. The number of hydrogen-bond acceptors (Lipinski definition) is 4. The van der Waals surface area contributed by atoms with Crippen LogP contribution in [0.2, 0.25) is 0 Å². The SMILES string of the molecule is NC(=O)C1CCN(c2cc(C(=O)O)c(N)cc2F)CC1. The Morgan fingerprint density at radius 3 is 2.40 bits per heavy atom.